The normalized spacial score (nSPS) is 10.8. The van der Waals surface area contributed by atoms with E-state index in [1.807, 2.05) is 12.1 Å². The van der Waals surface area contributed by atoms with Crippen molar-refractivity contribution < 1.29 is 10.2 Å². The van der Waals surface area contributed by atoms with Crippen molar-refractivity contribution in [1.29, 1.82) is 0 Å². The molecule has 5 heteroatoms. The smallest absolute Gasteiger partial charge is 0.242 e. The molecule has 2 rings (SSSR count). The molecular weight excluding hydrogens is 278 g/mol. The summed E-state index contributed by atoms with van der Waals surface area (Å²) in [5.41, 5.74) is 7.57. The molecule has 0 radical (unpaired) electrons. The molecule has 0 amide bonds. The fraction of sp³-hybridized carbons (Fsp3) is 0.412. The van der Waals surface area contributed by atoms with Crippen molar-refractivity contribution in [1.82, 2.24) is 9.97 Å². The van der Waals surface area contributed by atoms with Gasteiger partial charge in [-0.25, -0.2) is 0 Å². The van der Waals surface area contributed by atoms with Crippen LogP contribution in [0.2, 0.25) is 0 Å². The van der Waals surface area contributed by atoms with Crippen LogP contribution in [-0.2, 0) is 12.8 Å². The first-order valence-corrected chi connectivity index (χ1v) is 7.72. The summed E-state index contributed by atoms with van der Waals surface area (Å²) in [6.07, 6.45) is 6.57. The van der Waals surface area contributed by atoms with E-state index in [0.717, 1.165) is 12.0 Å². The maximum atomic E-state index is 9.51. The minimum atomic E-state index is -0.380. The minimum Gasteiger partial charge on any atom is -0.492 e. The molecule has 2 aromatic rings. The van der Waals surface area contributed by atoms with E-state index in [1.165, 1.54) is 31.2 Å². The Morgan fingerprint density at radius 3 is 2.09 bits per heavy atom. The molecule has 4 N–H and O–H groups in total. The van der Waals surface area contributed by atoms with Gasteiger partial charge in [0.1, 0.15) is 5.82 Å². The van der Waals surface area contributed by atoms with Crippen LogP contribution in [0.1, 0.15) is 49.6 Å². The van der Waals surface area contributed by atoms with Gasteiger partial charge in [-0.2, -0.15) is 9.97 Å². The van der Waals surface area contributed by atoms with Gasteiger partial charge in [0.15, 0.2) is 5.69 Å². The van der Waals surface area contributed by atoms with Crippen molar-refractivity contribution in [2.45, 2.75) is 45.4 Å². The Balaban J connectivity index is 1.96. The van der Waals surface area contributed by atoms with Crippen molar-refractivity contribution in [2.24, 2.45) is 0 Å². The van der Waals surface area contributed by atoms with Crippen LogP contribution >= 0.6 is 0 Å². The molecule has 0 bridgehead atoms. The number of aryl methyl sites for hydroxylation is 1. The third-order valence-electron chi connectivity index (χ3n) is 3.66. The third-order valence-corrected chi connectivity index (χ3v) is 3.66. The Labute approximate surface area is 130 Å². The average Bonchev–Trinajstić information content (AvgIpc) is 2.51. The number of benzene rings is 1. The van der Waals surface area contributed by atoms with Gasteiger partial charge in [0.25, 0.3) is 0 Å². The number of hydrogen-bond acceptors (Lipinski definition) is 5. The molecule has 22 heavy (non-hydrogen) atoms. The fourth-order valence-electron chi connectivity index (χ4n) is 2.33. The lowest BCUT2D eigenvalue weighted by molar-refractivity contribution is 0.422. The average molecular weight is 301 g/mol. The highest BCUT2D eigenvalue weighted by atomic mass is 16.3. The summed E-state index contributed by atoms with van der Waals surface area (Å²) in [6, 6.07) is 8.28. The summed E-state index contributed by atoms with van der Waals surface area (Å²) in [5.74, 6) is -0.412. The molecule has 0 saturated heterocycles. The monoisotopic (exact) mass is 301 g/mol. The fourth-order valence-corrected chi connectivity index (χ4v) is 2.33. The van der Waals surface area contributed by atoms with Crippen LogP contribution in [0.15, 0.2) is 24.3 Å². The Hall–Kier alpha value is -2.30. The van der Waals surface area contributed by atoms with Crippen molar-refractivity contribution in [3.63, 3.8) is 0 Å². The number of aromatic hydroxyl groups is 2. The van der Waals surface area contributed by atoms with Gasteiger partial charge in [0.05, 0.1) is 0 Å². The first-order valence-electron chi connectivity index (χ1n) is 7.72. The molecule has 0 aliphatic carbocycles. The maximum absolute atomic E-state index is 9.51. The lowest BCUT2D eigenvalue weighted by atomic mass is 10.0. The predicted molar refractivity (Wildman–Crippen MR) is 86.9 cm³/mol. The molecule has 0 saturated carbocycles. The second-order valence-electron chi connectivity index (χ2n) is 5.50. The van der Waals surface area contributed by atoms with E-state index in [2.05, 4.69) is 29.0 Å². The van der Waals surface area contributed by atoms with E-state index in [-0.39, 0.29) is 17.4 Å². The van der Waals surface area contributed by atoms with Crippen molar-refractivity contribution in [3.05, 3.63) is 41.2 Å². The lowest BCUT2D eigenvalue weighted by Crippen LogP contribution is -2.00. The molecule has 1 aromatic heterocycles. The highest BCUT2D eigenvalue weighted by Crippen LogP contribution is 2.25. The van der Waals surface area contributed by atoms with Gasteiger partial charge in [-0.1, -0.05) is 50.5 Å². The second-order valence-corrected chi connectivity index (χ2v) is 5.50. The van der Waals surface area contributed by atoms with E-state index in [9.17, 15) is 10.2 Å². The predicted octanol–water partition coefficient (Wildman–Crippen LogP) is 3.18. The van der Waals surface area contributed by atoms with Crippen LogP contribution in [0, 0.1) is 0 Å². The number of nitrogens with zero attached hydrogens (tertiary/aromatic N) is 2. The lowest BCUT2D eigenvalue weighted by Gasteiger charge is -2.06. The van der Waals surface area contributed by atoms with Gasteiger partial charge in [-0.3, -0.25) is 0 Å². The van der Waals surface area contributed by atoms with Gasteiger partial charge in [0.2, 0.25) is 11.8 Å². The van der Waals surface area contributed by atoms with Gasteiger partial charge >= 0.3 is 0 Å². The number of nitrogens with two attached hydrogens (primary N) is 1. The summed E-state index contributed by atoms with van der Waals surface area (Å²) in [6.45, 7) is 2.21. The number of hydrogen-bond donors (Lipinski definition) is 3. The summed E-state index contributed by atoms with van der Waals surface area (Å²) in [7, 11) is 0. The molecular formula is C17H23N3O2. The second kappa shape index (κ2) is 7.64. The van der Waals surface area contributed by atoms with Crippen LogP contribution in [0.25, 0.3) is 0 Å². The highest BCUT2D eigenvalue weighted by molar-refractivity contribution is 5.54. The molecule has 1 heterocycles. The first-order chi connectivity index (χ1) is 10.6. The van der Waals surface area contributed by atoms with Crippen LogP contribution in [0.3, 0.4) is 0 Å². The molecule has 0 aliphatic rings. The highest BCUT2D eigenvalue weighted by Gasteiger charge is 2.10. The van der Waals surface area contributed by atoms with E-state index in [4.69, 9.17) is 5.73 Å². The van der Waals surface area contributed by atoms with E-state index in [1.54, 1.807) is 0 Å². The number of aromatic nitrogens is 2. The maximum Gasteiger partial charge on any atom is 0.242 e. The summed E-state index contributed by atoms with van der Waals surface area (Å²) < 4.78 is 0. The number of rotatable bonds is 7. The van der Waals surface area contributed by atoms with Crippen molar-refractivity contribution in [2.75, 3.05) is 5.73 Å². The first kappa shape index (κ1) is 16.1. The zero-order chi connectivity index (χ0) is 15.9. The van der Waals surface area contributed by atoms with Gasteiger partial charge < -0.3 is 15.9 Å². The van der Waals surface area contributed by atoms with E-state index >= 15 is 0 Å². The molecule has 0 spiro atoms. The number of nitrogen functional groups attached to an aromatic ring is 1. The Kier molecular flexibility index (Phi) is 5.58. The van der Waals surface area contributed by atoms with Crippen molar-refractivity contribution in [3.8, 4) is 11.8 Å². The van der Waals surface area contributed by atoms with Gasteiger partial charge in [-0.15, -0.1) is 0 Å². The van der Waals surface area contributed by atoms with Crippen LogP contribution in [0.4, 0.5) is 5.69 Å². The summed E-state index contributed by atoms with van der Waals surface area (Å²) in [5, 5.41) is 19.0. The SMILES string of the molecule is CCCCCCc1ccc(Cc2nc(O)c(N)c(O)n2)cc1. The van der Waals surface area contributed by atoms with Gasteiger partial charge in [0, 0.05) is 6.42 Å². The topological polar surface area (TPSA) is 92.3 Å². The standard InChI is InChI=1S/C17H23N3O2/c1-2-3-4-5-6-12-7-9-13(10-8-12)11-14-19-16(21)15(18)17(22)20-14/h7-10H,2-6,11,18H2,1H3,(H2,19,20,21,22). The van der Waals surface area contributed by atoms with Crippen LogP contribution < -0.4 is 5.73 Å². The van der Waals surface area contributed by atoms with E-state index in [0.29, 0.717) is 12.2 Å². The Bertz CT molecular complexity index is 589. The molecule has 0 atom stereocenters. The Morgan fingerprint density at radius 2 is 1.50 bits per heavy atom. The van der Waals surface area contributed by atoms with Crippen molar-refractivity contribution >= 4 is 5.69 Å². The largest absolute Gasteiger partial charge is 0.492 e. The summed E-state index contributed by atoms with van der Waals surface area (Å²) >= 11 is 0. The number of unbranched alkanes of at least 4 members (excludes halogenated alkanes) is 3. The van der Waals surface area contributed by atoms with Gasteiger partial charge in [-0.05, 0) is 24.0 Å². The molecule has 5 nitrogen and oxygen atoms in total. The zero-order valence-electron chi connectivity index (χ0n) is 12.9. The molecule has 118 valence electrons. The molecule has 0 fully saturated rings. The Morgan fingerprint density at radius 1 is 0.909 bits per heavy atom. The minimum absolute atomic E-state index is 0.189. The molecule has 0 unspecified atom stereocenters. The molecule has 0 aliphatic heterocycles. The molecule has 1 aromatic carbocycles. The quantitative estimate of drug-likeness (QED) is 0.683. The number of anilines is 1. The van der Waals surface area contributed by atoms with E-state index < -0.39 is 0 Å². The third kappa shape index (κ3) is 4.35. The van der Waals surface area contributed by atoms with Crippen LogP contribution in [0.5, 0.6) is 11.8 Å². The van der Waals surface area contributed by atoms with Crippen LogP contribution in [-0.4, -0.2) is 20.2 Å². The summed E-state index contributed by atoms with van der Waals surface area (Å²) in [4.78, 5) is 7.76. The zero-order valence-corrected chi connectivity index (χ0v) is 12.9.